The maximum Gasteiger partial charge on any atom is 0.253 e. The van der Waals surface area contributed by atoms with Crippen LogP contribution in [0.5, 0.6) is 0 Å². The molecule has 128 valence electrons. The van der Waals surface area contributed by atoms with Crippen molar-refractivity contribution in [3.63, 3.8) is 0 Å². The van der Waals surface area contributed by atoms with Gasteiger partial charge in [-0.3, -0.25) is 4.79 Å². The molecular formula is C16H13F2N5O2. The lowest BCUT2D eigenvalue weighted by molar-refractivity contribution is 0.0911. The summed E-state index contributed by atoms with van der Waals surface area (Å²) in [5.41, 5.74) is 0.184. The van der Waals surface area contributed by atoms with Gasteiger partial charge in [0, 0.05) is 6.54 Å². The van der Waals surface area contributed by atoms with Crippen molar-refractivity contribution in [3.8, 4) is 5.69 Å². The maximum atomic E-state index is 13.7. The summed E-state index contributed by atoms with van der Waals surface area (Å²) in [6.45, 7) is -0.360. The molecule has 1 atom stereocenters. The molecule has 7 nitrogen and oxygen atoms in total. The van der Waals surface area contributed by atoms with Gasteiger partial charge < -0.3 is 10.4 Å². The predicted octanol–water partition coefficient (Wildman–Crippen LogP) is 1.40. The molecule has 1 amide bonds. The van der Waals surface area contributed by atoms with Crippen molar-refractivity contribution in [2.45, 2.75) is 6.10 Å². The largest absolute Gasteiger partial charge is 0.386 e. The van der Waals surface area contributed by atoms with Gasteiger partial charge in [0.15, 0.2) is 0 Å². The Balaban J connectivity index is 1.76. The van der Waals surface area contributed by atoms with Gasteiger partial charge in [0.05, 0.1) is 16.8 Å². The fourth-order valence-electron chi connectivity index (χ4n) is 2.35. The van der Waals surface area contributed by atoms with Crippen LogP contribution < -0.4 is 5.32 Å². The Labute approximate surface area is 140 Å². The molecule has 9 heteroatoms. The molecule has 0 aliphatic rings. The zero-order valence-electron chi connectivity index (χ0n) is 12.8. The second-order valence-corrected chi connectivity index (χ2v) is 5.13. The van der Waals surface area contributed by atoms with E-state index in [0.717, 1.165) is 12.1 Å². The fourth-order valence-corrected chi connectivity index (χ4v) is 2.35. The van der Waals surface area contributed by atoms with Gasteiger partial charge in [-0.15, -0.1) is 5.10 Å². The zero-order valence-corrected chi connectivity index (χ0v) is 12.8. The van der Waals surface area contributed by atoms with Crippen LogP contribution in [-0.4, -0.2) is 37.8 Å². The highest BCUT2D eigenvalue weighted by Gasteiger charge is 2.20. The van der Waals surface area contributed by atoms with E-state index in [0.29, 0.717) is 5.69 Å². The molecule has 1 aromatic heterocycles. The molecule has 0 radical (unpaired) electrons. The molecule has 3 rings (SSSR count). The molecule has 1 unspecified atom stereocenters. The Bertz CT molecular complexity index is 866. The fraction of sp³-hybridized carbons (Fsp3) is 0.125. The van der Waals surface area contributed by atoms with Gasteiger partial charge in [0.2, 0.25) is 0 Å². The number of nitrogens with zero attached hydrogens (tertiary/aromatic N) is 4. The Morgan fingerprint density at radius 1 is 1.16 bits per heavy atom. The molecule has 2 N–H and O–H groups in total. The summed E-state index contributed by atoms with van der Waals surface area (Å²) in [6.07, 6.45) is -0.194. The summed E-state index contributed by atoms with van der Waals surface area (Å²) in [5, 5.41) is 23.2. The third kappa shape index (κ3) is 3.50. The lowest BCUT2D eigenvalue weighted by Gasteiger charge is -2.15. The topological polar surface area (TPSA) is 92.9 Å². The van der Waals surface area contributed by atoms with Crippen molar-refractivity contribution in [1.82, 2.24) is 25.5 Å². The number of aliphatic hydroxyl groups is 1. The molecule has 25 heavy (non-hydrogen) atoms. The van der Waals surface area contributed by atoms with Crippen LogP contribution in [0.3, 0.4) is 0 Å². The van der Waals surface area contributed by atoms with Crippen molar-refractivity contribution in [3.05, 3.63) is 71.6 Å². The van der Waals surface area contributed by atoms with E-state index in [1.807, 2.05) is 0 Å². The Hall–Kier alpha value is -3.20. The number of tetrazole rings is 1. The lowest BCUT2D eigenvalue weighted by atomic mass is 10.1. The first-order valence-corrected chi connectivity index (χ1v) is 7.30. The maximum absolute atomic E-state index is 13.7. The van der Waals surface area contributed by atoms with Crippen LogP contribution in [0.25, 0.3) is 5.69 Å². The average molecular weight is 345 g/mol. The molecule has 0 aliphatic heterocycles. The van der Waals surface area contributed by atoms with Crippen LogP contribution in [-0.2, 0) is 0 Å². The van der Waals surface area contributed by atoms with E-state index in [1.54, 1.807) is 24.3 Å². The molecule has 0 fully saturated rings. The molecule has 0 bridgehead atoms. The summed E-state index contributed by atoms with van der Waals surface area (Å²) >= 11 is 0. The highest BCUT2D eigenvalue weighted by atomic mass is 19.1. The number of hydrogen-bond donors (Lipinski definition) is 2. The lowest BCUT2D eigenvalue weighted by Crippen LogP contribution is -2.30. The Kier molecular flexibility index (Phi) is 4.75. The van der Waals surface area contributed by atoms with Crippen LogP contribution in [0.2, 0.25) is 0 Å². The third-order valence-electron chi connectivity index (χ3n) is 3.53. The molecule has 0 aliphatic carbocycles. The molecule has 2 aromatic carbocycles. The number of aromatic nitrogens is 4. The Morgan fingerprint density at radius 3 is 2.56 bits per heavy atom. The van der Waals surface area contributed by atoms with Crippen LogP contribution in [0.15, 0.2) is 48.8 Å². The van der Waals surface area contributed by atoms with Gasteiger partial charge in [0.25, 0.3) is 5.91 Å². The van der Waals surface area contributed by atoms with E-state index in [9.17, 15) is 18.7 Å². The number of para-hydroxylation sites is 1. The van der Waals surface area contributed by atoms with Crippen LogP contribution >= 0.6 is 0 Å². The summed E-state index contributed by atoms with van der Waals surface area (Å²) in [5.74, 6) is -2.30. The SMILES string of the molecule is O=C(NCC(O)c1c(F)cccc1F)c1ccccc1-n1cnnn1. The summed E-state index contributed by atoms with van der Waals surface area (Å²) in [6, 6.07) is 9.81. The normalized spacial score (nSPS) is 12.0. The second-order valence-electron chi connectivity index (χ2n) is 5.13. The van der Waals surface area contributed by atoms with Crippen molar-refractivity contribution in [2.24, 2.45) is 0 Å². The Morgan fingerprint density at radius 2 is 1.88 bits per heavy atom. The van der Waals surface area contributed by atoms with Crippen molar-refractivity contribution in [2.75, 3.05) is 6.54 Å². The molecular weight excluding hydrogens is 332 g/mol. The van der Waals surface area contributed by atoms with Gasteiger partial charge in [0.1, 0.15) is 24.1 Å². The highest BCUT2D eigenvalue weighted by Crippen LogP contribution is 2.20. The first-order valence-electron chi connectivity index (χ1n) is 7.30. The standard InChI is InChI=1S/C16H13F2N5O2/c17-11-5-3-6-12(18)15(11)14(24)8-19-16(25)10-4-1-2-7-13(10)23-9-20-21-22-23/h1-7,9,14,24H,8H2,(H,19,25). The summed E-state index contributed by atoms with van der Waals surface area (Å²) < 4.78 is 28.6. The number of benzene rings is 2. The van der Waals surface area contributed by atoms with Gasteiger partial charge in [-0.05, 0) is 34.7 Å². The quantitative estimate of drug-likeness (QED) is 0.729. The van der Waals surface area contributed by atoms with E-state index in [-0.39, 0.29) is 12.1 Å². The van der Waals surface area contributed by atoms with Crippen LogP contribution in [0.1, 0.15) is 22.0 Å². The van der Waals surface area contributed by atoms with Crippen LogP contribution in [0.4, 0.5) is 8.78 Å². The molecule has 0 saturated carbocycles. The van der Waals surface area contributed by atoms with Crippen molar-refractivity contribution >= 4 is 5.91 Å². The average Bonchev–Trinajstić information content (AvgIpc) is 3.14. The molecule has 1 heterocycles. The second kappa shape index (κ2) is 7.14. The smallest absolute Gasteiger partial charge is 0.253 e. The number of rotatable bonds is 5. The van der Waals surface area contributed by atoms with E-state index in [2.05, 4.69) is 20.8 Å². The minimum absolute atomic E-state index is 0.246. The number of hydrogen-bond acceptors (Lipinski definition) is 5. The molecule has 0 saturated heterocycles. The summed E-state index contributed by atoms with van der Waals surface area (Å²) in [7, 11) is 0. The van der Waals surface area contributed by atoms with Crippen molar-refractivity contribution in [1.29, 1.82) is 0 Å². The number of amides is 1. The van der Waals surface area contributed by atoms with Gasteiger partial charge in [-0.25, -0.2) is 8.78 Å². The third-order valence-corrected chi connectivity index (χ3v) is 3.53. The minimum Gasteiger partial charge on any atom is -0.386 e. The predicted molar refractivity (Wildman–Crippen MR) is 82.8 cm³/mol. The van der Waals surface area contributed by atoms with Gasteiger partial charge in [-0.2, -0.15) is 4.68 Å². The summed E-state index contributed by atoms with van der Waals surface area (Å²) in [4.78, 5) is 12.4. The first-order chi connectivity index (χ1) is 12.1. The van der Waals surface area contributed by atoms with Gasteiger partial charge >= 0.3 is 0 Å². The molecule has 3 aromatic rings. The molecule has 0 spiro atoms. The number of nitrogens with one attached hydrogen (secondary N) is 1. The number of aliphatic hydroxyl groups excluding tert-OH is 1. The van der Waals surface area contributed by atoms with E-state index >= 15 is 0 Å². The van der Waals surface area contributed by atoms with E-state index < -0.39 is 29.2 Å². The van der Waals surface area contributed by atoms with Crippen LogP contribution in [0, 0.1) is 11.6 Å². The monoisotopic (exact) mass is 345 g/mol. The number of carbonyl (C=O) groups excluding carboxylic acids is 1. The first kappa shape index (κ1) is 16.7. The van der Waals surface area contributed by atoms with Gasteiger partial charge in [-0.1, -0.05) is 18.2 Å². The number of carbonyl (C=O) groups is 1. The van der Waals surface area contributed by atoms with Crippen molar-refractivity contribution < 1.29 is 18.7 Å². The zero-order chi connectivity index (χ0) is 17.8. The van der Waals surface area contributed by atoms with E-state index in [4.69, 9.17) is 0 Å². The van der Waals surface area contributed by atoms with E-state index in [1.165, 1.54) is 17.1 Å². The minimum atomic E-state index is -1.52. The highest BCUT2D eigenvalue weighted by molar-refractivity contribution is 5.97. The number of halogens is 2.